The lowest BCUT2D eigenvalue weighted by Gasteiger charge is -2.06. The summed E-state index contributed by atoms with van der Waals surface area (Å²) in [5, 5.41) is 3.70. The van der Waals surface area contributed by atoms with Gasteiger partial charge in [0, 0.05) is 11.3 Å². The third-order valence-electron chi connectivity index (χ3n) is 4.21. The van der Waals surface area contributed by atoms with Crippen molar-refractivity contribution < 1.29 is 9.53 Å². The molecule has 0 bridgehead atoms. The molecule has 1 aliphatic heterocycles. The van der Waals surface area contributed by atoms with Gasteiger partial charge in [0.2, 0.25) is 5.91 Å². The molecule has 4 nitrogen and oxygen atoms in total. The second-order valence-corrected chi connectivity index (χ2v) is 6.95. The van der Waals surface area contributed by atoms with Gasteiger partial charge < -0.3 is 10.1 Å². The summed E-state index contributed by atoms with van der Waals surface area (Å²) in [6.07, 6.45) is 5.92. The second-order valence-electron chi connectivity index (χ2n) is 5.86. The Hall–Kier alpha value is -1.88. The number of benzene rings is 1. The highest BCUT2D eigenvalue weighted by atomic mass is 32.1. The molecule has 1 aromatic heterocycles. The SMILES string of the molecule is O=C(Cc1ccc2c(c1)CCO2)Nc1nc2c(s1)CCCC2. The van der Waals surface area contributed by atoms with Gasteiger partial charge in [0.25, 0.3) is 0 Å². The molecule has 1 aliphatic carbocycles. The summed E-state index contributed by atoms with van der Waals surface area (Å²) in [6.45, 7) is 0.746. The molecule has 0 saturated carbocycles. The van der Waals surface area contributed by atoms with E-state index < -0.39 is 0 Å². The van der Waals surface area contributed by atoms with Gasteiger partial charge in [0.15, 0.2) is 5.13 Å². The molecular weight excluding hydrogens is 296 g/mol. The summed E-state index contributed by atoms with van der Waals surface area (Å²) < 4.78 is 5.49. The van der Waals surface area contributed by atoms with E-state index in [2.05, 4.69) is 16.4 Å². The van der Waals surface area contributed by atoms with Crippen LogP contribution in [0.2, 0.25) is 0 Å². The van der Waals surface area contributed by atoms with Gasteiger partial charge in [-0.3, -0.25) is 4.79 Å². The lowest BCUT2D eigenvalue weighted by atomic mass is 10.0. The number of thiazole rings is 1. The molecular formula is C17H18N2O2S. The summed E-state index contributed by atoms with van der Waals surface area (Å²) in [5.41, 5.74) is 3.42. The first-order valence-electron chi connectivity index (χ1n) is 7.81. The van der Waals surface area contributed by atoms with Crippen molar-refractivity contribution in [3.05, 3.63) is 39.9 Å². The van der Waals surface area contributed by atoms with Crippen molar-refractivity contribution in [2.45, 2.75) is 38.5 Å². The Labute approximate surface area is 133 Å². The molecule has 2 aromatic rings. The van der Waals surface area contributed by atoms with E-state index in [1.807, 2.05) is 12.1 Å². The van der Waals surface area contributed by atoms with Crippen LogP contribution in [0.5, 0.6) is 5.75 Å². The summed E-state index contributed by atoms with van der Waals surface area (Å²) in [7, 11) is 0. The third kappa shape index (κ3) is 2.73. The normalized spacial score (nSPS) is 15.8. The van der Waals surface area contributed by atoms with Crippen molar-refractivity contribution in [2.75, 3.05) is 11.9 Å². The van der Waals surface area contributed by atoms with Crippen molar-refractivity contribution in [1.82, 2.24) is 4.98 Å². The quantitative estimate of drug-likeness (QED) is 0.947. The maximum absolute atomic E-state index is 12.2. The predicted molar refractivity (Wildman–Crippen MR) is 86.7 cm³/mol. The average molecular weight is 314 g/mol. The monoisotopic (exact) mass is 314 g/mol. The molecule has 0 radical (unpaired) electrons. The smallest absolute Gasteiger partial charge is 0.230 e. The fourth-order valence-electron chi connectivity index (χ4n) is 3.10. The van der Waals surface area contributed by atoms with Gasteiger partial charge in [-0.15, -0.1) is 11.3 Å². The van der Waals surface area contributed by atoms with Crippen molar-refractivity contribution in [2.24, 2.45) is 0 Å². The van der Waals surface area contributed by atoms with Crippen LogP contribution in [0.1, 0.15) is 34.5 Å². The minimum Gasteiger partial charge on any atom is -0.493 e. The first kappa shape index (κ1) is 13.8. The molecule has 114 valence electrons. The predicted octanol–water partition coefficient (Wildman–Crippen LogP) is 3.14. The van der Waals surface area contributed by atoms with Gasteiger partial charge in [0.1, 0.15) is 5.75 Å². The molecule has 0 atom stereocenters. The van der Waals surface area contributed by atoms with E-state index in [0.717, 1.165) is 42.3 Å². The van der Waals surface area contributed by atoms with Crippen molar-refractivity contribution in [3.8, 4) is 5.75 Å². The number of anilines is 1. The largest absolute Gasteiger partial charge is 0.493 e. The van der Waals surface area contributed by atoms with Crippen LogP contribution in [0, 0.1) is 0 Å². The number of amides is 1. The number of rotatable bonds is 3. The number of ether oxygens (including phenoxy) is 1. The van der Waals surface area contributed by atoms with Gasteiger partial charge in [-0.25, -0.2) is 4.98 Å². The summed E-state index contributed by atoms with van der Waals surface area (Å²) in [4.78, 5) is 18.1. The van der Waals surface area contributed by atoms with Gasteiger partial charge in [-0.1, -0.05) is 12.1 Å². The Morgan fingerprint density at radius 3 is 3.09 bits per heavy atom. The highest BCUT2D eigenvalue weighted by molar-refractivity contribution is 7.15. The van der Waals surface area contributed by atoms with E-state index in [-0.39, 0.29) is 5.91 Å². The van der Waals surface area contributed by atoms with Crippen LogP contribution < -0.4 is 10.1 Å². The molecule has 2 aliphatic rings. The molecule has 1 N–H and O–H groups in total. The molecule has 0 fully saturated rings. The number of aromatic nitrogens is 1. The van der Waals surface area contributed by atoms with E-state index in [0.29, 0.717) is 6.42 Å². The molecule has 0 saturated heterocycles. The van der Waals surface area contributed by atoms with Gasteiger partial charge in [-0.05, 0) is 42.9 Å². The van der Waals surface area contributed by atoms with Gasteiger partial charge in [0.05, 0.1) is 18.7 Å². The Bertz CT molecular complexity index is 700. The number of carbonyl (C=O) groups is 1. The number of nitrogens with one attached hydrogen (secondary N) is 1. The van der Waals surface area contributed by atoms with Crippen LogP contribution in [-0.2, 0) is 30.5 Å². The number of aryl methyl sites for hydroxylation is 2. The molecule has 2 heterocycles. The van der Waals surface area contributed by atoms with Crippen LogP contribution in [0.15, 0.2) is 18.2 Å². The Balaban J connectivity index is 1.43. The standard InChI is InChI=1S/C17H18N2O2S/c20-16(10-11-5-6-14-12(9-11)7-8-21-14)19-17-18-13-3-1-2-4-15(13)22-17/h5-6,9H,1-4,7-8,10H2,(H,18,19,20). The zero-order chi connectivity index (χ0) is 14.9. The number of hydrogen-bond acceptors (Lipinski definition) is 4. The van der Waals surface area contributed by atoms with E-state index in [4.69, 9.17) is 4.74 Å². The van der Waals surface area contributed by atoms with E-state index in [9.17, 15) is 4.79 Å². The second kappa shape index (κ2) is 5.72. The highest BCUT2D eigenvalue weighted by Gasteiger charge is 2.17. The maximum Gasteiger partial charge on any atom is 0.230 e. The Morgan fingerprint density at radius 2 is 2.18 bits per heavy atom. The fraction of sp³-hybridized carbons (Fsp3) is 0.412. The summed E-state index contributed by atoms with van der Waals surface area (Å²) >= 11 is 1.63. The van der Waals surface area contributed by atoms with E-state index in [1.54, 1.807) is 11.3 Å². The average Bonchev–Trinajstić information content (AvgIpc) is 3.11. The summed E-state index contributed by atoms with van der Waals surface area (Å²) in [6, 6.07) is 6.01. The zero-order valence-electron chi connectivity index (χ0n) is 12.4. The Kier molecular flexibility index (Phi) is 3.58. The van der Waals surface area contributed by atoms with Crippen LogP contribution in [0.3, 0.4) is 0 Å². The van der Waals surface area contributed by atoms with Crippen LogP contribution in [0.4, 0.5) is 5.13 Å². The van der Waals surface area contributed by atoms with Crippen LogP contribution in [0.25, 0.3) is 0 Å². The van der Waals surface area contributed by atoms with E-state index >= 15 is 0 Å². The van der Waals surface area contributed by atoms with Gasteiger partial charge in [-0.2, -0.15) is 0 Å². The number of nitrogens with zero attached hydrogens (tertiary/aromatic N) is 1. The third-order valence-corrected chi connectivity index (χ3v) is 5.28. The zero-order valence-corrected chi connectivity index (χ0v) is 13.2. The molecule has 5 heteroatoms. The molecule has 1 amide bonds. The van der Waals surface area contributed by atoms with Crippen molar-refractivity contribution >= 4 is 22.4 Å². The fourth-order valence-corrected chi connectivity index (χ4v) is 4.17. The van der Waals surface area contributed by atoms with Crippen LogP contribution in [-0.4, -0.2) is 17.5 Å². The highest BCUT2D eigenvalue weighted by Crippen LogP contribution is 2.30. The van der Waals surface area contributed by atoms with Crippen molar-refractivity contribution in [1.29, 1.82) is 0 Å². The molecule has 0 unspecified atom stereocenters. The van der Waals surface area contributed by atoms with Crippen molar-refractivity contribution in [3.63, 3.8) is 0 Å². The number of hydrogen-bond donors (Lipinski definition) is 1. The van der Waals surface area contributed by atoms with E-state index in [1.165, 1.54) is 29.0 Å². The Morgan fingerprint density at radius 1 is 1.27 bits per heavy atom. The first-order chi connectivity index (χ1) is 10.8. The number of carbonyl (C=O) groups excluding carboxylic acids is 1. The molecule has 0 spiro atoms. The lowest BCUT2D eigenvalue weighted by Crippen LogP contribution is -2.14. The molecule has 1 aromatic carbocycles. The first-order valence-corrected chi connectivity index (χ1v) is 8.62. The lowest BCUT2D eigenvalue weighted by molar-refractivity contribution is -0.115. The van der Waals surface area contributed by atoms with Crippen LogP contribution >= 0.6 is 11.3 Å². The summed E-state index contributed by atoms with van der Waals surface area (Å²) in [5.74, 6) is 0.960. The topological polar surface area (TPSA) is 51.2 Å². The molecule has 22 heavy (non-hydrogen) atoms. The molecule has 4 rings (SSSR count). The maximum atomic E-state index is 12.2. The van der Waals surface area contributed by atoms with Gasteiger partial charge >= 0.3 is 0 Å². The number of fused-ring (bicyclic) bond motifs is 2. The minimum atomic E-state index is 0.00459. The minimum absolute atomic E-state index is 0.00459.